The Balaban J connectivity index is 2.26. The molecule has 0 spiro atoms. The first kappa shape index (κ1) is 24.8. The average molecular weight is 488 g/mol. The topological polar surface area (TPSA) is 105 Å². The number of rotatable bonds is 4. The zero-order chi connectivity index (χ0) is 25.4. The predicted octanol–water partition coefficient (Wildman–Crippen LogP) is 4.78. The second-order valence-corrected chi connectivity index (χ2v) is 9.80. The van der Waals surface area contributed by atoms with Gasteiger partial charge in [-0.1, -0.05) is 19.1 Å². The maximum absolute atomic E-state index is 13.3. The molecule has 2 aromatic rings. The van der Waals surface area contributed by atoms with Gasteiger partial charge in [-0.3, -0.25) is 4.90 Å². The third-order valence-electron chi connectivity index (χ3n) is 5.58. The molecule has 1 aliphatic rings. The van der Waals surface area contributed by atoms with Crippen molar-refractivity contribution < 1.29 is 26.4 Å². The van der Waals surface area contributed by atoms with E-state index in [4.69, 9.17) is 0 Å². The van der Waals surface area contributed by atoms with E-state index >= 15 is 0 Å². The number of benzene rings is 2. The summed E-state index contributed by atoms with van der Waals surface area (Å²) < 4.78 is 65.2. The lowest BCUT2D eigenvalue weighted by atomic mass is 9.93. The first-order chi connectivity index (χ1) is 15.9. The van der Waals surface area contributed by atoms with E-state index < -0.39 is 33.6 Å². The van der Waals surface area contributed by atoms with Gasteiger partial charge in [-0.15, -0.1) is 0 Å². The first-order valence-electron chi connectivity index (χ1n) is 9.99. The van der Waals surface area contributed by atoms with Gasteiger partial charge in [-0.05, 0) is 42.8 Å². The summed E-state index contributed by atoms with van der Waals surface area (Å²) in [5, 5.41) is 19.2. The summed E-state index contributed by atoms with van der Waals surface area (Å²) in [5.41, 5.74) is -0.786. The van der Waals surface area contributed by atoms with Crippen molar-refractivity contribution in [2.45, 2.75) is 31.0 Å². The number of nitrogens with zero attached hydrogens (tertiary/aromatic N) is 4. The number of carbonyl (C=O) groups excluding carboxylic acids is 1. The Labute approximate surface area is 194 Å². The normalized spacial score (nSPS) is 16.9. The van der Waals surface area contributed by atoms with Gasteiger partial charge in [-0.2, -0.15) is 23.7 Å². The smallest absolute Gasteiger partial charge is 0.315 e. The number of alkyl halides is 3. The molecule has 7 nitrogen and oxygen atoms in total. The number of sulfone groups is 1. The average Bonchev–Trinajstić information content (AvgIpc) is 2.80. The minimum Gasteiger partial charge on any atom is -0.315 e. The van der Waals surface area contributed by atoms with Crippen LogP contribution in [0.3, 0.4) is 0 Å². The highest BCUT2D eigenvalue weighted by atomic mass is 32.2. The number of allylic oxidation sites excluding steroid dienone is 1. The lowest BCUT2D eigenvalue weighted by Gasteiger charge is -2.40. The molecule has 11 heteroatoms. The van der Waals surface area contributed by atoms with E-state index in [-0.39, 0.29) is 38.7 Å². The Bertz CT molecular complexity index is 1390. The van der Waals surface area contributed by atoms with Gasteiger partial charge in [0, 0.05) is 12.7 Å². The van der Waals surface area contributed by atoms with Crippen LogP contribution in [0.2, 0.25) is 0 Å². The summed E-state index contributed by atoms with van der Waals surface area (Å²) in [4.78, 5) is 15.2. The molecule has 34 heavy (non-hydrogen) atoms. The van der Waals surface area contributed by atoms with Crippen LogP contribution in [0.5, 0.6) is 0 Å². The van der Waals surface area contributed by atoms with E-state index in [1.54, 1.807) is 0 Å². The second-order valence-electron chi connectivity index (χ2n) is 7.56. The molecule has 0 unspecified atom stereocenters. The number of amides is 2. The minimum atomic E-state index is -4.63. The molecule has 0 aliphatic carbocycles. The molecule has 1 atom stereocenters. The van der Waals surface area contributed by atoms with E-state index in [0.717, 1.165) is 28.0 Å². The fourth-order valence-corrected chi connectivity index (χ4v) is 4.97. The van der Waals surface area contributed by atoms with Crippen molar-refractivity contribution in [1.82, 2.24) is 4.90 Å². The van der Waals surface area contributed by atoms with Gasteiger partial charge < -0.3 is 4.90 Å². The summed E-state index contributed by atoms with van der Waals surface area (Å²) >= 11 is 0. The molecule has 0 fully saturated rings. The standard InChI is InChI=1S/C23H19F3N4O3S/c1-4-34(32,33)20-10-15(12-27)8-9-18(20)21-19(13-28)14(2)30(22(31)29(21)3)17-7-5-6-16(11-17)23(24,25)26/h5-11,21H,4H2,1-3H3/t21-/m1/s1. The van der Waals surface area contributed by atoms with Crippen molar-refractivity contribution in [1.29, 1.82) is 10.5 Å². The van der Waals surface area contributed by atoms with Crippen LogP contribution in [-0.4, -0.2) is 32.1 Å². The molecule has 176 valence electrons. The highest BCUT2D eigenvalue weighted by Gasteiger charge is 2.40. The molecular weight excluding hydrogens is 469 g/mol. The second kappa shape index (κ2) is 8.84. The minimum absolute atomic E-state index is 0.0169. The molecule has 0 N–H and O–H groups in total. The number of urea groups is 1. The number of nitriles is 2. The molecular formula is C23H19F3N4O3S. The molecule has 0 saturated carbocycles. The van der Waals surface area contributed by atoms with E-state index in [1.165, 1.54) is 45.2 Å². The van der Waals surface area contributed by atoms with Gasteiger partial charge in [0.25, 0.3) is 0 Å². The van der Waals surface area contributed by atoms with Crippen LogP contribution in [0.15, 0.2) is 58.6 Å². The fourth-order valence-electron chi connectivity index (χ4n) is 3.81. The Kier molecular flexibility index (Phi) is 6.45. The van der Waals surface area contributed by atoms with Gasteiger partial charge in [0.05, 0.1) is 51.2 Å². The summed E-state index contributed by atoms with van der Waals surface area (Å²) in [6, 6.07) is 10.1. The molecule has 1 heterocycles. The largest absolute Gasteiger partial charge is 0.416 e. The summed E-state index contributed by atoms with van der Waals surface area (Å²) in [5.74, 6) is -0.278. The number of anilines is 1. The fraction of sp³-hybridized carbons (Fsp3) is 0.261. The summed E-state index contributed by atoms with van der Waals surface area (Å²) in [7, 11) is -2.52. The van der Waals surface area contributed by atoms with Crippen molar-refractivity contribution >= 4 is 21.6 Å². The van der Waals surface area contributed by atoms with E-state index in [2.05, 4.69) is 0 Å². The number of hydrogen-bond donors (Lipinski definition) is 0. The molecule has 2 aromatic carbocycles. The Morgan fingerprint density at radius 1 is 1.09 bits per heavy atom. The van der Waals surface area contributed by atoms with Crippen molar-refractivity contribution in [2.24, 2.45) is 0 Å². The lowest BCUT2D eigenvalue weighted by Crippen LogP contribution is -2.47. The first-order valence-corrected chi connectivity index (χ1v) is 11.6. The maximum atomic E-state index is 13.3. The number of hydrogen-bond acceptors (Lipinski definition) is 5. The Hall–Kier alpha value is -3.83. The highest BCUT2D eigenvalue weighted by Crippen LogP contribution is 2.41. The Morgan fingerprint density at radius 3 is 2.32 bits per heavy atom. The van der Waals surface area contributed by atoms with E-state index in [0.29, 0.717) is 0 Å². The van der Waals surface area contributed by atoms with Gasteiger partial charge >= 0.3 is 12.2 Å². The SMILES string of the molecule is CCS(=O)(=O)c1cc(C#N)ccc1[C@@H]1C(C#N)=C(C)N(c2cccc(C(F)(F)F)c2)C(=O)N1C. The molecule has 0 bridgehead atoms. The third kappa shape index (κ3) is 4.22. The summed E-state index contributed by atoms with van der Waals surface area (Å²) in [6.45, 7) is 2.84. The van der Waals surface area contributed by atoms with Crippen molar-refractivity contribution in [3.8, 4) is 12.1 Å². The molecule has 2 amide bonds. The van der Waals surface area contributed by atoms with Gasteiger partial charge in [0.2, 0.25) is 0 Å². The molecule has 0 saturated heterocycles. The van der Waals surface area contributed by atoms with Crippen molar-refractivity contribution in [3.63, 3.8) is 0 Å². The molecule has 1 aliphatic heterocycles. The van der Waals surface area contributed by atoms with Gasteiger partial charge in [0.1, 0.15) is 0 Å². The number of likely N-dealkylation sites (N-methyl/N-ethyl adjacent to an activating group) is 1. The Morgan fingerprint density at radius 2 is 1.76 bits per heavy atom. The van der Waals surface area contributed by atoms with Gasteiger partial charge in [-0.25, -0.2) is 13.2 Å². The molecule has 0 radical (unpaired) electrons. The predicted molar refractivity (Wildman–Crippen MR) is 117 cm³/mol. The highest BCUT2D eigenvalue weighted by molar-refractivity contribution is 7.91. The van der Waals surface area contributed by atoms with Crippen LogP contribution >= 0.6 is 0 Å². The van der Waals surface area contributed by atoms with Gasteiger partial charge in [0.15, 0.2) is 9.84 Å². The van der Waals surface area contributed by atoms with Crippen LogP contribution in [0, 0.1) is 22.7 Å². The zero-order valence-corrected chi connectivity index (χ0v) is 19.2. The van der Waals surface area contributed by atoms with Crippen LogP contribution in [-0.2, 0) is 16.0 Å². The van der Waals surface area contributed by atoms with Crippen LogP contribution in [0.1, 0.15) is 36.6 Å². The maximum Gasteiger partial charge on any atom is 0.416 e. The number of halogens is 3. The molecule has 3 rings (SSSR count). The van der Waals surface area contributed by atoms with E-state index in [1.807, 2.05) is 12.1 Å². The quantitative estimate of drug-likeness (QED) is 0.616. The summed E-state index contributed by atoms with van der Waals surface area (Å²) in [6.07, 6.45) is -4.63. The van der Waals surface area contributed by atoms with Crippen LogP contribution < -0.4 is 4.90 Å². The monoisotopic (exact) mass is 488 g/mol. The lowest BCUT2D eigenvalue weighted by molar-refractivity contribution is -0.137. The number of carbonyl (C=O) groups is 1. The molecule has 0 aromatic heterocycles. The third-order valence-corrected chi connectivity index (χ3v) is 7.37. The van der Waals surface area contributed by atoms with Crippen LogP contribution in [0.25, 0.3) is 0 Å². The van der Waals surface area contributed by atoms with Crippen molar-refractivity contribution in [2.75, 3.05) is 17.7 Å². The van der Waals surface area contributed by atoms with E-state index in [9.17, 15) is 36.9 Å². The van der Waals surface area contributed by atoms with Crippen molar-refractivity contribution in [3.05, 3.63) is 70.4 Å². The van der Waals surface area contributed by atoms with Crippen LogP contribution in [0.4, 0.5) is 23.7 Å². The zero-order valence-electron chi connectivity index (χ0n) is 18.4.